The van der Waals surface area contributed by atoms with Crippen molar-refractivity contribution in [3.05, 3.63) is 143 Å². The van der Waals surface area contributed by atoms with E-state index in [-0.39, 0.29) is 5.82 Å². The zero-order chi connectivity index (χ0) is 34.4. The summed E-state index contributed by atoms with van der Waals surface area (Å²) in [5, 5.41) is 0. The largest absolute Gasteiger partial charge is 0.493 e. The molecular weight excluding hydrogens is 640 g/mol. The van der Waals surface area contributed by atoms with Gasteiger partial charge in [0.15, 0.2) is 0 Å². The third kappa shape index (κ3) is 9.53. The van der Waals surface area contributed by atoms with E-state index in [1.165, 1.54) is 31.3 Å². The van der Waals surface area contributed by atoms with E-state index in [9.17, 15) is 9.18 Å². The average molecular weight is 679 g/mol. The zero-order valence-electron chi connectivity index (χ0n) is 27.8. The van der Waals surface area contributed by atoms with Crippen LogP contribution >= 0.6 is 12.0 Å². The SMILES string of the molecule is C/C=C/c1c(Oc2ccccc2C(=O)OC)cccc1SOCCCOc1cc(OCc2ccccc2)c(-c2ccc(F)cc2)cc1CC. The van der Waals surface area contributed by atoms with Crippen molar-refractivity contribution < 1.29 is 32.3 Å². The molecule has 0 saturated heterocycles. The fraction of sp³-hybridized carbons (Fsp3) is 0.195. The van der Waals surface area contributed by atoms with Crippen molar-refractivity contribution in [1.29, 1.82) is 0 Å². The maximum absolute atomic E-state index is 13.7. The Balaban J connectivity index is 1.23. The highest BCUT2D eigenvalue weighted by atomic mass is 32.2. The smallest absolute Gasteiger partial charge is 0.341 e. The highest BCUT2D eigenvalue weighted by Gasteiger charge is 2.17. The Bertz CT molecular complexity index is 1860. The Labute approximate surface area is 291 Å². The minimum Gasteiger partial charge on any atom is -0.493 e. The molecule has 0 fully saturated rings. The first-order valence-electron chi connectivity index (χ1n) is 16.1. The normalized spacial score (nSPS) is 11.0. The monoisotopic (exact) mass is 678 g/mol. The molecule has 252 valence electrons. The van der Waals surface area contributed by atoms with Crippen LogP contribution in [0.5, 0.6) is 23.0 Å². The van der Waals surface area contributed by atoms with E-state index in [2.05, 4.69) is 13.0 Å². The lowest BCUT2D eigenvalue weighted by atomic mass is 10.00. The molecule has 0 bridgehead atoms. The maximum Gasteiger partial charge on any atom is 0.341 e. The number of para-hydroxylation sites is 1. The average Bonchev–Trinajstić information content (AvgIpc) is 3.14. The van der Waals surface area contributed by atoms with Gasteiger partial charge in [-0.3, -0.25) is 0 Å². The number of methoxy groups -OCH3 is 1. The van der Waals surface area contributed by atoms with Crippen molar-refractivity contribution in [2.45, 2.75) is 38.2 Å². The molecule has 0 aliphatic heterocycles. The number of hydrogen-bond donors (Lipinski definition) is 0. The molecule has 0 N–H and O–H groups in total. The Morgan fingerprint density at radius 1 is 0.796 bits per heavy atom. The fourth-order valence-corrected chi connectivity index (χ4v) is 5.82. The molecule has 0 radical (unpaired) electrons. The Kier molecular flexibility index (Phi) is 12.9. The van der Waals surface area contributed by atoms with Crippen LogP contribution in [-0.4, -0.2) is 26.3 Å². The van der Waals surface area contributed by atoms with Crippen LogP contribution in [0.2, 0.25) is 0 Å². The van der Waals surface area contributed by atoms with Gasteiger partial charge in [-0.25, -0.2) is 9.18 Å². The van der Waals surface area contributed by atoms with Crippen LogP contribution in [-0.2, 0) is 21.9 Å². The second-order valence-corrected chi connectivity index (χ2v) is 11.8. The second-order valence-electron chi connectivity index (χ2n) is 11.0. The summed E-state index contributed by atoms with van der Waals surface area (Å²) in [7, 11) is 1.34. The topological polar surface area (TPSA) is 63.2 Å². The van der Waals surface area contributed by atoms with E-state index in [1.807, 2.05) is 79.7 Å². The summed E-state index contributed by atoms with van der Waals surface area (Å²) >= 11 is 1.26. The van der Waals surface area contributed by atoms with E-state index >= 15 is 0 Å². The molecule has 0 aromatic heterocycles. The lowest BCUT2D eigenvalue weighted by Crippen LogP contribution is -2.05. The molecule has 5 aromatic carbocycles. The zero-order valence-corrected chi connectivity index (χ0v) is 28.6. The summed E-state index contributed by atoms with van der Waals surface area (Å²) in [6.45, 7) is 5.29. The highest BCUT2D eigenvalue weighted by molar-refractivity contribution is 7.94. The number of rotatable bonds is 16. The molecule has 0 atom stereocenters. The Hall–Kier alpha value is -5.05. The summed E-state index contributed by atoms with van der Waals surface area (Å²) in [6, 6.07) is 33.1. The minimum absolute atomic E-state index is 0.285. The quantitative estimate of drug-likeness (QED) is 0.0585. The van der Waals surface area contributed by atoms with Crippen LogP contribution in [0.1, 0.15) is 47.3 Å². The molecule has 49 heavy (non-hydrogen) atoms. The van der Waals surface area contributed by atoms with E-state index in [0.29, 0.717) is 49.1 Å². The second kappa shape index (κ2) is 17.9. The number of carbonyl (C=O) groups excluding carboxylic acids is 1. The maximum atomic E-state index is 13.7. The van der Waals surface area contributed by atoms with E-state index in [0.717, 1.165) is 44.9 Å². The van der Waals surface area contributed by atoms with E-state index in [1.54, 1.807) is 30.3 Å². The molecule has 0 heterocycles. The number of esters is 1. The fourth-order valence-electron chi connectivity index (χ4n) is 5.10. The van der Waals surface area contributed by atoms with Gasteiger partial charge in [0.05, 0.1) is 20.3 Å². The van der Waals surface area contributed by atoms with Crippen LogP contribution in [0.15, 0.2) is 120 Å². The Morgan fingerprint density at radius 2 is 1.55 bits per heavy atom. The number of allylic oxidation sites excluding steroid dienone is 1. The van der Waals surface area contributed by atoms with Gasteiger partial charge in [-0.15, -0.1) is 0 Å². The summed E-state index contributed by atoms with van der Waals surface area (Å²) in [6.07, 6.45) is 5.28. The molecule has 8 heteroatoms. The predicted molar refractivity (Wildman–Crippen MR) is 193 cm³/mol. The number of benzene rings is 5. The van der Waals surface area contributed by atoms with Crippen molar-refractivity contribution in [3.8, 4) is 34.1 Å². The first-order chi connectivity index (χ1) is 24.0. The van der Waals surface area contributed by atoms with Gasteiger partial charge in [-0.05, 0) is 72.5 Å². The van der Waals surface area contributed by atoms with Gasteiger partial charge in [0.2, 0.25) is 0 Å². The molecule has 5 rings (SSSR count). The van der Waals surface area contributed by atoms with Gasteiger partial charge in [0, 0.05) is 40.6 Å². The molecule has 6 nitrogen and oxygen atoms in total. The van der Waals surface area contributed by atoms with E-state index < -0.39 is 5.97 Å². The lowest BCUT2D eigenvalue weighted by molar-refractivity contribution is 0.0598. The predicted octanol–water partition coefficient (Wildman–Crippen LogP) is 10.7. The molecule has 0 amide bonds. The standard InChI is InChI=1S/C41H39FO6S/c1-4-13-33-36(48-37-17-10-9-16-34(37)41(43)44-3)18-11-19-40(33)49-47-25-12-24-45-38-27-39(46-28-29-14-7-6-8-15-29)35(26-30(38)5-2)31-20-22-32(42)23-21-31/h4,6-11,13-23,26-27H,5,12,24-25,28H2,1-3H3/b13-4+. The first kappa shape index (κ1) is 35.3. The molecule has 0 spiro atoms. The van der Waals surface area contributed by atoms with Crippen LogP contribution in [0.3, 0.4) is 0 Å². The van der Waals surface area contributed by atoms with Crippen LogP contribution < -0.4 is 14.2 Å². The van der Waals surface area contributed by atoms with Crippen molar-refractivity contribution in [1.82, 2.24) is 0 Å². The first-order valence-corrected chi connectivity index (χ1v) is 16.9. The summed E-state index contributed by atoms with van der Waals surface area (Å²) in [5.74, 6) is 1.66. The van der Waals surface area contributed by atoms with Crippen LogP contribution in [0.25, 0.3) is 17.2 Å². The van der Waals surface area contributed by atoms with E-state index in [4.69, 9.17) is 23.1 Å². The van der Waals surface area contributed by atoms with Crippen molar-refractivity contribution in [2.24, 2.45) is 0 Å². The summed E-state index contributed by atoms with van der Waals surface area (Å²) in [4.78, 5) is 13.1. The number of carbonyl (C=O) groups is 1. The van der Waals surface area contributed by atoms with Crippen molar-refractivity contribution in [3.63, 3.8) is 0 Å². The molecule has 0 aliphatic rings. The van der Waals surface area contributed by atoms with Crippen LogP contribution in [0, 0.1) is 5.82 Å². The number of ether oxygens (including phenoxy) is 4. The third-order valence-corrected chi connectivity index (χ3v) is 8.41. The van der Waals surface area contributed by atoms with Crippen LogP contribution in [0.4, 0.5) is 4.39 Å². The molecule has 0 unspecified atom stereocenters. The van der Waals surface area contributed by atoms with Crippen molar-refractivity contribution >= 4 is 24.1 Å². The number of halogens is 1. The van der Waals surface area contributed by atoms with Gasteiger partial charge in [0.1, 0.15) is 41.0 Å². The number of hydrogen-bond acceptors (Lipinski definition) is 7. The summed E-state index contributed by atoms with van der Waals surface area (Å²) < 4.78 is 43.4. The molecule has 5 aromatic rings. The van der Waals surface area contributed by atoms with Gasteiger partial charge < -0.3 is 23.1 Å². The highest BCUT2D eigenvalue weighted by Crippen LogP contribution is 2.38. The van der Waals surface area contributed by atoms with Crippen molar-refractivity contribution in [2.75, 3.05) is 20.3 Å². The Morgan fingerprint density at radius 3 is 2.31 bits per heavy atom. The molecular formula is C41H39FO6S. The lowest BCUT2D eigenvalue weighted by Gasteiger charge is -2.18. The minimum atomic E-state index is -0.468. The number of aryl methyl sites for hydroxylation is 1. The molecule has 0 saturated carbocycles. The molecule has 0 aliphatic carbocycles. The third-order valence-electron chi connectivity index (χ3n) is 7.59. The van der Waals surface area contributed by atoms with Gasteiger partial charge in [0.25, 0.3) is 0 Å². The summed E-state index contributed by atoms with van der Waals surface area (Å²) in [5.41, 5.74) is 5.01. The van der Waals surface area contributed by atoms with Gasteiger partial charge in [-0.1, -0.05) is 79.7 Å². The van der Waals surface area contributed by atoms with Gasteiger partial charge in [-0.2, -0.15) is 0 Å². The van der Waals surface area contributed by atoms with Gasteiger partial charge >= 0.3 is 5.97 Å².